The Kier molecular flexibility index (Phi) is 6.18. The second-order valence-electron chi connectivity index (χ2n) is 4.38. The van der Waals surface area contributed by atoms with E-state index in [4.69, 9.17) is 27.9 Å². The number of aliphatic hydroxyl groups excluding tert-OH is 1. The van der Waals surface area contributed by atoms with Crippen LogP contribution < -0.4 is 10.1 Å². The van der Waals surface area contributed by atoms with Crippen LogP contribution in [0.4, 0.5) is 5.69 Å². The number of nitrogens with one attached hydrogen (secondary N) is 1. The van der Waals surface area contributed by atoms with E-state index in [1.807, 2.05) is 30.3 Å². The number of hydrogen-bond acceptors (Lipinski definition) is 3. The van der Waals surface area contributed by atoms with Gasteiger partial charge in [-0.15, -0.1) is 0 Å². The standard InChI is InChI=1S/C15H14BrCl2NO2/c16-12-6-7-13(15(18)14(12)17)19-8-10(20)9-21-11-4-2-1-3-5-11/h1-7,10,19-20H,8-9H2. The predicted octanol–water partition coefficient (Wildman–Crippen LogP) is 4.61. The summed E-state index contributed by atoms with van der Waals surface area (Å²) in [5.74, 6) is 0.723. The predicted molar refractivity (Wildman–Crippen MR) is 90.6 cm³/mol. The van der Waals surface area contributed by atoms with Gasteiger partial charge >= 0.3 is 0 Å². The lowest BCUT2D eigenvalue weighted by atomic mass is 10.3. The Balaban J connectivity index is 1.84. The number of halogens is 3. The summed E-state index contributed by atoms with van der Waals surface area (Å²) in [6.07, 6.45) is -0.663. The Morgan fingerprint density at radius 1 is 1.10 bits per heavy atom. The van der Waals surface area contributed by atoms with Crippen molar-refractivity contribution in [3.8, 4) is 5.75 Å². The molecular weight excluding hydrogens is 377 g/mol. The summed E-state index contributed by atoms with van der Waals surface area (Å²) in [5.41, 5.74) is 0.670. The van der Waals surface area contributed by atoms with Crippen molar-refractivity contribution in [1.82, 2.24) is 0 Å². The molecule has 0 saturated carbocycles. The van der Waals surface area contributed by atoms with Crippen molar-refractivity contribution < 1.29 is 9.84 Å². The number of hydrogen-bond donors (Lipinski definition) is 2. The minimum absolute atomic E-state index is 0.193. The largest absolute Gasteiger partial charge is 0.491 e. The zero-order valence-corrected chi connectivity index (χ0v) is 14.1. The third-order valence-corrected chi connectivity index (χ3v) is 4.52. The number of anilines is 1. The van der Waals surface area contributed by atoms with Crippen LogP contribution >= 0.6 is 39.1 Å². The van der Waals surface area contributed by atoms with Crippen molar-refractivity contribution in [3.63, 3.8) is 0 Å². The van der Waals surface area contributed by atoms with Gasteiger partial charge in [0.1, 0.15) is 18.5 Å². The fraction of sp³-hybridized carbons (Fsp3) is 0.200. The van der Waals surface area contributed by atoms with E-state index in [-0.39, 0.29) is 6.61 Å². The maximum absolute atomic E-state index is 9.91. The fourth-order valence-electron chi connectivity index (χ4n) is 1.66. The van der Waals surface area contributed by atoms with Gasteiger partial charge in [0.25, 0.3) is 0 Å². The summed E-state index contributed by atoms with van der Waals surface area (Å²) in [4.78, 5) is 0. The average Bonchev–Trinajstić information content (AvgIpc) is 2.51. The average molecular weight is 391 g/mol. The molecule has 0 aliphatic rings. The molecule has 2 aromatic rings. The zero-order chi connectivity index (χ0) is 15.2. The van der Waals surface area contributed by atoms with E-state index in [9.17, 15) is 5.11 Å². The Morgan fingerprint density at radius 3 is 2.52 bits per heavy atom. The Morgan fingerprint density at radius 2 is 1.81 bits per heavy atom. The molecular formula is C15H14BrCl2NO2. The molecule has 0 radical (unpaired) electrons. The molecule has 3 nitrogen and oxygen atoms in total. The number of benzene rings is 2. The van der Waals surface area contributed by atoms with Gasteiger partial charge in [-0.1, -0.05) is 41.4 Å². The van der Waals surface area contributed by atoms with Gasteiger partial charge in [-0.25, -0.2) is 0 Å². The van der Waals surface area contributed by atoms with Gasteiger partial charge in [0.15, 0.2) is 0 Å². The summed E-state index contributed by atoms with van der Waals surface area (Å²) in [5, 5.41) is 13.8. The Bertz CT molecular complexity index is 596. The first-order valence-electron chi connectivity index (χ1n) is 6.31. The summed E-state index contributed by atoms with van der Waals surface area (Å²) >= 11 is 15.4. The highest BCUT2D eigenvalue weighted by atomic mass is 79.9. The molecule has 1 atom stereocenters. The molecule has 1 unspecified atom stereocenters. The van der Waals surface area contributed by atoms with Crippen LogP contribution in [0.15, 0.2) is 46.9 Å². The summed E-state index contributed by atoms with van der Waals surface area (Å²) in [6.45, 7) is 0.503. The van der Waals surface area contributed by atoms with Crippen molar-refractivity contribution >= 4 is 44.8 Å². The van der Waals surface area contributed by atoms with Crippen LogP contribution in [0.1, 0.15) is 0 Å². The molecule has 2 aromatic carbocycles. The van der Waals surface area contributed by atoms with Crippen LogP contribution in [0.3, 0.4) is 0 Å². The van der Waals surface area contributed by atoms with Crippen LogP contribution in [-0.2, 0) is 0 Å². The van der Waals surface area contributed by atoms with Crippen LogP contribution in [-0.4, -0.2) is 24.4 Å². The lowest BCUT2D eigenvalue weighted by molar-refractivity contribution is 0.117. The van der Waals surface area contributed by atoms with Crippen molar-refractivity contribution in [1.29, 1.82) is 0 Å². The van der Waals surface area contributed by atoms with Crippen LogP contribution in [0.5, 0.6) is 5.75 Å². The third-order valence-electron chi connectivity index (χ3n) is 2.75. The summed E-state index contributed by atoms with van der Waals surface area (Å²) in [7, 11) is 0. The molecule has 0 fully saturated rings. The fourth-order valence-corrected chi connectivity index (χ4v) is 2.50. The highest BCUT2D eigenvalue weighted by Gasteiger charge is 2.10. The molecule has 2 rings (SSSR count). The number of ether oxygens (including phenoxy) is 1. The van der Waals surface area contributed by atoms with Crippen LogP contribution in [0.25, 0.3) is 0 Å². The second-order valence-corrected chi connectivity index (χ2v) is 5.99. The summed E-state index contributed by atoms with van der Waals surface area (Å²) < 4.78 is 6.20. The quantitative estimate of drug-likeness (QED) is 0.707. The minimum Gasteiger partial charge on any atom is -0.491 e. The smallest absolute Gasteiger partial charge is 0.119 e. The first-order valence-corrected chi connectivity index (χ1v) is 7.86. The molecule has 0 spiro atoms. The van der Waals surface area contributed by atoms with Gasteiger partial charge in [0.05, 0.1) is 15.7 Å². The first-order chi connectivity index (χ1) is 10.1. The third kappa shape index (κ3) is 4.78. The maximum Gasteiger partial charge on any atom is 0.119 e. The van der Waals surface area contributed by atoms with E-state index in [1.54, 1.807) is 12.1 Å². The van der Waals surface area contributed by atoms with Gasteiger partial charge in [-0.2, -0.15) is 0 Å². The van der Waals surface area contributed by atoms with Gasteiger partial charge < -0.3 is 15.2 Å². The van der Waals surface area contributed by atoms with Gasteiger partial charge in [0, 0.05) is 11.0 Å². The maximum atomic E-state index is 9.91. The monoisotopic (exact) mass is 389 g/mol. The molecule has 21 heavy (non-hydrogen) atoms. The molecule has 0 saturated heterocycles. The molecule has 0 aliphatic carbocycles. The van der Waals surface area contributed by atoms with Crippen molar-refractivity contribution in [3.05, 3.63) is 57.0 Å². The molecule has 6 heteroatoms. The Labute approximate surface area is 142 Å². The number of aliphatic hydroxyl groups is 1. The van der Waals surface area contributed by atoms with Crippen molar-refractivity contribution in [2.24, 2.45) is 0 Å². The second kappa shape index (κ2) is 7.90. The first kappa shape index (κ1) is 16.4. The Hall–Kier alpha value is -0.940. The van der Waals surface area contributed by atoms with E-state index in [2.05, 4.69) is 21.2 Å². The SMILES string of the molecule is OC(CNc1ccc(Br)c(Cl)c1Cl)COc1ccccc1. The van der Waals surface area contributed by atoms with E-state index in [1.165, 1.54) is 0 Å². The van der Waals surface area contributed by atoms with Crippen LogP contribution in [0.2, 0.25) is 10.0 Å². The van der Waals surface area contributed by atoms with Gasteiger partial charge in [-0.05, 0) is 40.2 Å². The highest BCUT2D eigenvalue weighted by molar-refractivity contribution is 9.10. The molecule has 0 amide bonds. The van der Waals surface area contributed by atoms with Gasteiger partial charge in [0.2, 0.25) is 0 Å². The van der Waals surface area contributed by atoms with Crippen molar-refractivity contribution in [2.45, 2.75) is 6.10 Å². The highest BCUT2D eigenvalue weighted by Crippen LogP contribution is 2.35. The lowest BCUT2D eigenvalue weighted by Gasteiger charge is -2.15. The topological polar surface area (TPSA) is 41.5 Å². The normalized spacial score (nSPS) is 12.0. The molecule has 0 aliphatic heterocycles. The van der Waals surface area contributed by atoms with E-state index < -0.39 is 6.10 Å². The summed E-state index contributed by atoms with van der Waals surface area (Å²) in [6, 6.07) is 12.9. The number of para-hydroxylation sites is 1. The molecule has 112 valence electrons. The van der Waals surface area contributed by atoms with E-state index in [0.29, 0.717) is 22.3 Å². The number of rotatable bonds is 6. The van der Waals surface area contributed by atoms with Crippen LogP contribution in [0, 0.1) is 0 Å². The van der Waals surface area contributed by atoms with E-state index >= 15 is 0 Å². The minimum atomic E-state index is -0.663. The lowest BCUT2D eigenvalue weighted by Crippen LogP contribution is -2.26. The molecule has 0 aromatic heterocycles. The van der Waals surface area contributed by atoms with E-state index in [0.717, 1.165) is 10.2 Å². The zero-order valence-electron chi connectivity index (χ0n) is 11.0. The molecule has 0 bridgehead atoms. The molecule has 0 heterocycles. The molecule has 2 N–H and O–H groups in total. The van der Waals surface area contributed by atoms with Crippen molar-refractivity contribution in [2.75, 3.05) is 18.5 Å². The van der Waals surface area contributed by atoms with Gasteiger partial charge in [-0.3, -0.25) is 0 Å².